The van der Waals surface area contributed by atoms with Gasteiger partial charge in [-0.1, -0.05) is 36.4 Å². The van der Waals surface area contributed by atoms with E-state index < -0.39 is 0 Å². The second-order valence-corrected chi connectivity index (χ2v) is 8.14. The summed E-state index contributed by atoms with van der Waals surface area (Å²) in [4.78, 5) is 32.4. The first-order valence-electron chi connectivity index (χ1n) is 9.81. The Morgan fingerprint density at radius 1 is 1.00 bits per heavy atom. The molecule has 0 saturated carbocycles. The molecule has 148 valence electrons. The van der Waals surface area contributed by atoms with Crippen LogP contribution >= 0.6 is 11.8 Å². The summed E-state index contributed by atoms with van der Waals surface area (Å²) in [5.74, 6) is 0.518. The first-order valence-corrected chi connectivity index (χ1v) is 10.8. The van der Waals surface area contributed by atoms with Gasteiger partial charge in [0.2, 0.25) is 11.8 Å². The normalized spacial score (nSPS) is 14.7. The predicted octanol–water partition coefficient (Wildman–Crippen LogP) is 4.20. The highest BCUT2D eigenvalue weighted by molar-refractivity contribution is 8.00. The van der Waals surface area contributed by atoms with E-state index in [2.05, 4.69) is 10.3 Å². The van der Waals surface area contributed by atoms with Crippen LogP contribution in [0.2, 0.25) is 0 Å². The number of amides is 2. The van der Waals surface area contributed by atoms with Crippen molar-refractivity contribution >= 4 is 40.2 Å². The number of nitrogens with one attached hydrogen (secondary N) is 1. The van der Waals surface area contributed by atoms with Gasteiger partial charge in [0.1, 0.15) is 0 Å². The lowest BCUT2D eigenvalue weighted by Gasteiger charge is -2.31. The van der Waals surface area contributed by atoms with Gasteiger partial charge in [0, 0.05) is 41.2 Å². The number of nitrogens with zero attached hydrogens (tertiary/aromatic N) is 2. The quantitative estimate of drug-likeness (QED) is 0.646. The molecule has 0 unspecified atom stereocenters. The molecule has 0 bridgehead atoms. The molecule has 1 aromatic heterocycles. The van der Waals surface area contributed by atoms with E-state index in [0.717, 1.165) is 21.5 Å². The van der Waals surface area contributed by atoms with E-state index in [1.54, 1.807) is 18.0 Å². The van der Waals surface area contributed by atoms with Crippen molar-refractivity contribution < 1.29 is 9.59 Å². The number of hydrogen-bond acceptors (Lipinski definition) is 4. The fourth-order valence-electron chi connectivity index (χ4n) is 3.58. The molecule has 1 aliphatic rings. The minimum absolute atomic E-state index is 0.0425. The van der Waals surface area contributed by atoms with Crippen LogP contribution in [0.4, 0.5) is 5.69 Å². The number of fused-ring (bicyclic) bond motifs is 1. The van der Waals surface area contributed by atoms with E-state index in [9.17, 15) is 9.59 Å². The Hall–Kier alpha value is -2.86. The smallest absolute Gasteiger partial charge is 0.232 e. The van der Waals surface area contributed by atoms with Gasteiger partial charge < -0.3 is 10.2 Å². The molecule has 0 spiro atoms. The van der Waals surface area contributed by atoms with Crippen LogP contribution in [0, 0.1) is 5.92 Å². The molecule has 29 heavy (non-hydrogen) atoms. The summed E-state index contributed by atoms with van der Waals surface area (Å²) in [6.45, 7) is 1.26. The third-order valence-electron chi connectivity index (χ3n) is 5.22. The van der Waals surface area contributed by atoms with Gasteiger partial charge in [-0.2, -0.15) is 0 Å². The molecule has 1 N–H and O–H groups in total. The number of carbonyl (C=O) groups excluding carboxylic acids is 2. The van der Waals surface area contributed by atoms with Crippen LogP contribution in [-0.2, 0) is 9.59 Å². The summed E-state index contributed by atoms with van der Waals surface area (Å²) in [7, 11) is 0. The van der Waals surface area contributed by atoms with Crippen molar-refractivity contribution in [3.8, 4) is 0 Å². The number of carbonyl (C=O) groups is 2. The average molecular weight is 406 g/mol. The predicted molar refractivity (Wildman–Crippen MR) is 117 cm³/mol. The number of rotatable bonds is 5. The van der Waals surface area contributed by atoms with Crippen molar-refractivity contribution in [1.29, 1.82) is 0 Å². The number of anilines is 1. The second kappa shape index (κ2) is 9.09. The molecule has 4 rings (SSSR count). The second-order valence-electron chi connectivity index (χ2n) is 7.13. The van der Waals surface area contributed by atoms with Crippen molar-refractivity contribution in [3.63, 3.8) is 0 Å². The summed E-state index contributed by atoms with van der Waals surface area (Å²) in [6, 6.07) is 19.4. The number of para-hydroxylation sites is 2. The highest BCUT2D eigenvalue weighted by Crippen LogP contribution is 2.27. The summed E-state index contributed by atoms with van der Waals surface area (Å²) < 4.78 is 0. The maximum Gasteiger partial charge on any atom is 0.232 e. The molecule has 0 aliphatic carbocycles. The fraction of sp³-hybridized carbons (Fsp3) is 0.261. The Balaban J connectivity index is 1.28. The molecule has 2 aromatic carbocycles. The number of pyridine rings is 1. The Morgan fingerprint density at radius 2 is 1.72 bits per heavy atom. The minimum Gasteiger partial charge on any atom is -0.342 e. The highest BCUT2D eigenvalue weighted by atomic mass is 32.2. The van der Waals surface area contributed by atoms with Gasteiger partial charge in [-0.05, 0) is 37.1 Å². The van der Waals surface area contributed by atoms with Crippen LogP contribution in [0.3, 0.4) is 0 Å². The van der Waals surface area contributed by atoms with Crippen molar-refractivity contribution in [2.75, 3.05) is 24.2 Å². The molecule has 6 heteroatoms. The lowest BCUT2D eigenvalue weighted by atomic mass is 9.96. The highest BCUT2D eigenvalue weighted by Gasteiger charge is 2.27. The van der Waals surface area contributed by atoms with Gasteiger partial charge in [-0.3, -0.25) is 14.6 Å². The number of likely N-dealkylation sites (tertiary alicyclic amines) is 1. The molecule has 2 heterocycles. The monoisotopic (exact) mass is 405 g/mol. The zero-order chi connectivity index (χ0) is 20.1. The van der Waals surface area contributed by atoms with Gasteiger partial charge in [-0.25, -0.2) is 0 Å². The fourth-order valence-corrected chi connectivity index (χ4v) is 4.53. The van der Waals surface area contributed by atoms with E-state index in [-0.39, 0.29) is 17.7 Å². The molecule has 2 amide bonds. The van der Waals surface area contributed by atoms with Crippen molar-refractivity contribution in [1.82, 2.24) is 9.88 Å². The number of piperidine rings is 1. The molecule has 1 saturated heterocycles. The number of aromatic nitrogens is 1. The van der Waals surface area contributed by atoms with Crippen LogP contribution in [0.1, 0.15) is 12.8 Å². The van der Waals surface area contributed by atoms with E-state index in [1.165, 1.54) is 0 Å². The van der Waals surface area contributed by atoms with Gasteiger partial charge in [-0.15, -0.1) is 11.8 Å². The third-order valence-corrected chi connectivity index (χ3v) is 6.28. The zero-order valence-corrected chi connectivity index (χ0v) is 16.9. The van der Waals surface area contributed by atoms with E-state index in [4.69, 9.17) is 0 Å². The first-order chi connectivity index (χ1) is 14.2. The summed E-state index contributed by atoms with van der Waals surface area (Å²) in [6.07, 6.45) is 3.19. The Morgan fingerprint density at radius 3 is 2.52 bits per heavy atom. The van der Waals surface area contributed by atoms with Crippen LogP contribution < -0.4 is 5.32 Å². The van der Waals surface area contributed by atoms with Crippen LogP contribution in [-0.4, -0.2) is 40.5 Å². The Labute approximate surface area is 174 Å². The van der Waals surface area contributed by atoms with Gasteiger partial charge in [0.25, 0.3) is 0 Å². The third kappa shape index (κ3) is 4.77. The largest absolute Gasteiger partial charge is 0.342 e. The SMILES string of the molecule is O=C(Nc1ccccc1)C1CCN(C(=O)CSc2ccnc3ccccc23)CC1. The van der Waals surface area contributed by atoms with Gasteiger partial charge in [0.15, 0.2) is 0 Å². The topological polar surface area (TPSA) is 62.3 Å². The molecule has 0 radical (unpaired) electrons. The lowest BCUT2D eigenvalue weighted by molar-refractivity contribution is -0.132. The molecular formula is C23H23N3O2S. The summed E-state index contributed by atoms with van der Waals surface area (Å²) in [5, 5.41) is 4.04. The van der Waals surface area contributed by atoms with Crippen LogP contribution in [0.15, 0.2) is 71.8 Å². The molecule has 0 atom stereocenters. The van der Waals surface area contributed by atoms with E-state index >= 15 is 0 Å². The van der Waals surface area contributed by atoms with Crippen molar-refractivity contribution in [2.24, 2.45) is 5.92 Å². The lowest BCUT2D eigenvalue weighted by Crippen LogP contribution is -2.42. The Bertz CT molecular complexity index is 996. The molecule has 5 nitrogen and oxygen atoms in total. The minimum atomic E-state index is -0.0453. The molecule has 3 aromatic rings. The van der Waals surface area contributed by atoms with Gasteiger partial charge >= 0.3 is 0 Å². The van der Waals surface area contributed by atoms with Crippen LogP contribution in [0.5, 0.6) is 0 Å². The van der Waals surface area contributed by atoms with Crippen molar-refractivity contribution in [2.45, 2.75) is 17.7 Å². The molecule has 1 fully saturated rings. The molecular weight excluding hydrogens is 382 g/mol. The standard InChI is InChI=1S/C23H23N3O2S/c27-22(16-29-21-10-13-24-20-9-5-4-8-19(20)21)26-14-11-17(12-15-26)23(28)25-18-6-2-1-3-7-18/h1-10,13,17H,11-12,14-16H2,(H,25,28). The summed E-state index contributed by atoms with van der Waals surface area (Å²) >= 11 is 1.55. The maximum atomic E-state index is 12.7. The zero-order valence-electron chi connectivity index (χ0n) is 16.1. The first kappa shape index (κ1) is 19.5. The van der Waals surface area contributed by atoms with Crippen LogP contribution in [0.25, 0.3) is 10.9 Å². The number of hydrogen-bond donors (Lipinski definition) is 1. The maximum absolute atomic E-state index is 12.7. The molecule has 1 aliphatic heterocycles. The summed E-state index contributed by atoms with van der Waals surface area (Å²) in [5.41, 5.74) is 1.76. The average Bonchev–Trinajstić information content (AvgIpc) is 2.78. The van der Waals surface area contributed by atoms with E-state index in [0.29, 0.717) is 31.7 Å². The van der Waals surface area contributed by atoms with E-state index in [1.807, 2.05) is 65.6 Å². The number of benzene rings is 2. The van der Waals surface area contributed by atoms with Crippen molar-refractivity contribution in [3.05, 3.63) is 66.9 Å². The van der Waals surface area contributed by atoms with Gasteiger partial charge in [0.05, 0.1) is 11.3 Å². The Kier molecular flexibility index (Phi) is 6.10. The number of thioether (sulfide) groups is 1.